The number of nitrogens with zero attached hydrogens (tertiary/aromatic N) is 2. The molecule has 0 saturated carbocycles. The van der Waals surface area contributed by atoms with Gasteiger partial charge in [-0.2, -0.15) is 0 Å². The fourth-order valence-corrected chi connectivity index (χ4v) is 3.28. The highest BCUT2D eigenvalue weighted by molar-refractivity contribution is 6.06. The number of fused-ring (bicyclic) bond motifs is 1. The number of alkyl halides is 2. The van der Waals surface area contributed by atoms with Crippen LogP contribution in [-0.2, 0) is 9.53 Å². The largest absolute Gasteiger partial charge is 0.379 e. The number of hydrogen-bond donors (Lipinski definition) is 3. The molecule has 0 atom stereocenters. The van der Waals surface area contributed by atoms with Gasteiger partial charge in [0.25, 0.3) is 12.3 Å². The second kappa shape index (κ2) is 9.19. The molecule has 1 aliphatic rings. The van der Waals surface area contributed by atoms with Gasteiger partial charge in [0, 0.05) is 30.0 Å². The van der Waals surface area contributed by atoms with Crippen LogP contribution in [0, 0.1) is 0 Å². The van der Waals surface area contributed by atoms with E-state index in [0.717, 1.165) is 13.1 Å². The number of carbonyl (C=O) groups is 2. The molecule has 2 heterocycles. The number of hydrogen-bond acceptors (Lipinski definition) is 5. The lowest BCUT2D eigenvalue weighted by atomic mass is 10.2. The number of aromatic nitrogens is 2. The average Bonchev–Trinajstić information content (AvgIpc) is 3.19. The highest BCUT2D eigenvalue weighted by Gasteiger charge is 2.15. The number of aromatic amines is 1. The minimum atomic E-state index is -2.71. The molecule has 3 aromatic rings. The average molecular weight is 429 g/mol. The van der Waals surface area contributed by atoms with Gasteiger partial charge in [0.15, 0.2) is 5.82 Å². The van der Waals surface area contributed by atoms with Crippen molar-refractivity contribution in [3.8, 4) is 0 Å². The Labute approximate surface area is 176 Å². The van der Waals surface area contributed by atoms with Gasteiger partial charge in [0.1, 0.15) is 0 Å². The fraction of sp³-hybridized carbons (Fsp3) is 0.286. The van der Waals surface area contributed by atoms with Crippen molar-refractivity contribution in [2.45, 2.75) is 6.43 Å². The summed E-state index contributed by atoms with van der Waals surface area (Å²) in [6, 6.07) is 11.2. The lowest BCUT2D eigenvalue weighted by Gasteiger charge is -2.25. The molecular formula is C21H21F2N5O3. The van der Waals surface area contributed by atoms with Gasteiger partial charge in [-0.1, -0.05) is 0 Å². The van der Waals surface area contributed by atoms with Crippen molar-refractivity contribution in [1.29, 1.82) is 0 Å². The highest BCUT2D eigenvalue weighted by Crippen LogP contribution is 2.21. The van der Waals surface area contributed by atoms with Gasteiger partial charge >= 0.3 is 0 Å². The van der Waals surface area contributed by atoms with Crippen LogP contribution in [-0.4, -0.2) is 59.5 Å². The highest BCUT2D eigenvalue weighted by atomic mass is 19.3. The van der Waals surface area contributed by atoms with Crippen LogP contribution in [0.5, 0.6) is 0 Å². The van der Waals surface area contributed by atoms with E-state index in [1.54, 1.807) is 24.3 Å². The molecule has 0 spiro atoms. The van der Waals surface area contributed by atoms with E-state index in [9.17, 15) is 18.4 Å². The number of morpholine rings is 1. The maximum absolute atomic E-state index is 12.8. The fourth-order valence-electron chi connectivity index (χ4n) is 3.28. The lowest BCUT2D eigenvalue weighted by molar-refractivity contribution is -0.118. The van der Waals surface area contributed by atoms with Crippen LogP contribution < -0.4 is 10.6 Å². The quantitative estimate of drug-likeness (QED) is 0.560. The predicted octanol–water partition coefficient (Wildman–Crippen LogP) is 3.02. The number of nitrogens with one attached hydrogen (secondary N) is 3. The monoisotopic (exact) mass is 429 g/mol. The van der Waals surface area contributed by atoms with Gasteiger partial charge in [-0.15, -0.1) is 0 Å². The molecule has 10 heteroatoms. The number of anilines is 2. The van der Waals surface area contributed by atoms with Crippen molar-refractivity contribution in [3.63, 3.8) is 0 Å². The Morgan fingerprint density at radius 2 is 1.74 bits per heavy atom. The van der Waals surface area contributed by atoms with Crippen LogP contribution in [0.2, 0.25) is 0 Å². The van der Waals surface area contributed by atoms with Crippen molar-refractivity contribution >= 4 is 34.2 Å². The first-order chi connectivity index (χ1) is 15.0. The number of H-pyrrole nitrogens is 1. The maximum atomic E-state index is 12.8. The first-order valence-electron chi connectivity index (χ1n) is 9.77. The number of benzene rings is 2. The number of carbonyl (C=O) groups excluding carboxylic acids is 2. The second-order valence-electron chi connectivity index (χ2n) is 7.12. The molecule has 0 bridgehead atoms. The summed E-state index contributed by atoms with van der Waals surface area (Å²) in [5.41, 5.74) is 2.19. The van der Waals surface area contributed by atoms with E-state index < -0.39 is 12.2 Å². The van der Waals surface area contributed by atoms with E-state index >= 15 is 0 Å². The van der Waals surface area contributed by atoms with Gasteiger partial charge in [0.2, 0.25) is 5.91 Å². The molecule has 1 fully saturated rings. The Kier molecular flexibility index (Phi) is 6.19. The third kappa shape index (κ3) is 5.22. The van der Waals surface area contributed by atoms with Gasteiger partial charge in [-0.25, -0.2) is 13.8 Å². The molecule has 1 aromatic heterocycles. The Hall–Kier alpha value is -3.37. The number of imidazole rings is 1. The zero-order chi connectivity index (χ0) is 21.8. The minimum Gasteiger partial charge on any atom is -0.379 e. The number of ether oxygens (including phenoxy) is 1. The van der Waals surface area contributed by atoms with Gasteiger partial charge in [0.05, 0.1) is 30.8 Å². The molecule has 1 saturated heterocycles. The molecule has 3 N–H and O–H groups in total. The Balaban J connectivity index is 1.35. The van der Waals surface area contributed by atoms with E-state index in [-0.39, 0.29) is 11.8 Å². The summed E-state index contributed by atoms with van der Waals surface area (Å²) < 4.78 is 30.8. The van der Waals surface area contributed by atoms with E-state index in [4.69, 9.17) is 4.74 Å². The van der Waals surface area contributed by atoms with Crippen LogP contribution in [0.3, 0.4) is 0 Å². The van der Waals surface area contributed by atoms with Crippen molar-refractivity contribution in [1.82, 2.24) is 14.9 Å². The minimum absolute atomic E-state index is 0.116. The smallest absolute Gasteiger partial charge is 0.295 e. The molecule has 2 amide bonds. The summed E-state index contributed by atoms with van der Waals surface area (Å²) in [4.78, 5) is 33.0. The second-order valence-corrected chi connectivity index (χ2v) is 7.12. The number of rotatable bonds is 6. The van der Waals surface area contributed by atoms with Crippen LogP contribution >= 0.6 is 0 Å². The summed E-state index contributed by atoms with van der Waals surface area (Å²) in [7, 11) is 0. The predicted molar refractivity (Wildman–Crippen MR) is 111 cm³/mol. The number of amides is 2. The normalized spacial score (nSPS) is 14.7. The van der Waals surface area contributed by atoms with Crippen molar-refractivity contribution in [2.75, 3.05) is 43.5 Å². The number of halogens is 2. The molecular weight excluding hydrogens is 408 g/mol. The Morgan fingerprint density at radius 3 is 2.42 bits per heavy atom. The topological polar surface area (TPSA) is 99.3 Å². The molecule has 0 aliphatic carbocycles. The molecule has 0 radical (unpaired) electrons. The van der Waals surface area contributed by atoms with Crippen LogP contribution in [0.15, 0.2) is 42.5 Å². The van der Waals surface area contributed by atoms with Crippen molar-refractivity contribution in [3.05, 3.63) is 53.9 Å². The molecule has 1 aliphatic heterocycles. The summed E-state index contributed by atoms with van der Waals surface area (Å²) in [5.74, 6) is -0.937. The summed E-state index contributed by atoms with van der Waals surface area (Å²) in [5, 5.41) is 5.57. The van der Waals surface area contributed by atoms with Crippen LogP contribution in [0.4, 0.5) is 20.2 Å². The summed E-state index contributed by atoms with van der Waals surface area (Å²) in [6.45, 7) is 3.01. The van der Waals surface area contributed by atoms with Crippen molar-refractivity contribution < 1.29 is 23.1 Å². The molecule has 4 rings (SSSR count). The van der Waals surface area contributed by atoms with E-state index in [1.165, 1.54) is 18.2 Å². The maximum Gasteiger partial charge on any atom is 0.295 e. The summed E-state index contributed by atoms with van der Waals surface area (Å²) >= 11 is 0. The molecule has 31 heavy (non-hydrogen) atoms. The van der Waals surface area contributed by atoms with Gasteiger partial charge in [-0.3, -0.25) is 14.5 Å². The zero-order valence-electron chi connectivity index (χ0n) is 16.5. The first-order valence-corrected chi connectivity index (χ1v) is 9.77. The lowest BCUT2D eigenvalue weighted by Crippen LogP contribution is -2.41. The third-order valence-corrected chi connectivity index (χ3v) is 4.87. The van der Waals surface area contributed by atoms with Crippen LogP contribution in [0.25, 0.3) is 11.0 Å². The van der Waals surface area contributed by atoms with E-state index in [2.05, 4.69) is 20.6 Å². The van der Waals surface area contributed by atoms with Crippen LogP contribution in [0.1, 0.15) is 22.6 Å². The summed E-state index contributed by atoms with van der Waals surface area (Å²) in [6.07, 6.45) is -2.71. The Morgan fingerprint density at radius 1 is 1.06 bits per heavy atom. The zero-order valence-corrected chi connectivity index (χ0v) is 16.5. The van der Waals surface area contributed by atoms with Gasteiger partial charge < -0.3 is 20.4 Å². The first kappa shape index (κ1) is 20.9. The van der Waals surface area contributed by atoms with E-state index in [0.29, 0.717) is 47.7 Å². The standard InChI is InChI=1S/C21H21F2N5O3/c22-19(23)20-26-16-6-1-13(11-17(16)27-20)21(30)25-15-4-2-14(3-5-15)24-18(29)12-28-7-9-31-10-8-28/h1-6,11,19H,7-10,12H2,(H,24,29)(H,25,30)(H,26,27). The molecule has 0 unspecified atom stereocenters. The van der Waals surface area contributed by atoms with Crippen molar-refractivity contribution in [2.24, 2.45) is 0 Å². The molecule has 8 nitrogen and oxygen atoms in total. The van der Waals surface area contributed by atoms with E-state index in [1.807, 2.05) is 4.90 Å². The van der Waals surface area contributed by atoms with Gasteiger partial charge in [-0.05, 0) is 42.5 Å². The SMILES string of the molecule is O=C(CN1CCOCC1)Nc1ccc(NC(=O)c2ccc3nc(C(F)F)[nH]c3c2)cc1. The third-order valence-electron chi connectivity index (χ3n) is 4.87. The Bertz CT molecular complexity index is 1080. The molecule has 162 valence electrons. The molecule has 2 aromatic carbocycles.